The Hall–Kier alpha value is -2.90. The van der Waals surface area contributed by atoms with Gasteiger partial charge in [0.15, 0.2) is 5.82 Å². The first-order chi connectivity index (χ1) is 10.1. The number of H-pyrrole nitrogens is 1. The third-order valence-corrected chi connectivity index (χ3v) is 3.36. The second-order valence-corrected chi connectivity index (χ2v) is 4.59. The van der Waals surface area contributed by atoms with Gasteiger partial charge in [-0.05, 0) is 25.1 Å². The van der Waals surface area contributed by atoms with Crippen molar-refractivity contribution in [1.82, 2.24) is 24.3 Å². The molecule has 0 bridgehead atoms. The van der Waals surface area contributed by atoms with E-state index in [1.807, 2.05) is 11.5 Å². The number of carboxylic acid groups (broad SMARTS) is 1. The van der Waals surface area contributed by atoms with Crippen molar-refractivity contribution < 1.29 is 9.90 Å². The molecule has 108 valence electrons. The molecule has 0 aliphatic rings. The normalized spacial score (nSPS) is 11.1. The van der Waals surface area contributed by atoms with Crippen LogP contribution in [0.15, 0.2) is 29.3 Å². The molecule has 0 radical (unpaired) electrons. The van der Waals surface area contributed by atoms with Gasteiger partial charge in [-0.1, -0.05) is 0 Å². The number of carboxylic acids is 1. The van der Waals surface area contributed by atoms with Crippen LogP contribution in [0.25, 0.3) is 11.0 Å². The van der Waals surface area contributed by atoms with Crippen molar-refractivity contribution in [3.05, 3.63) is 46.4 Å². The highest BCUT2D eigenvalue weighted by atomic mass is 16.4. The van der Waals surface area contributed by atoms with E-state index in [1.165, 1.54) is 16.7 Å². The van der Waals surface area contributed by atoms with Crippen molar-refractivity contribution in [3.63, 3.8) is 0 Å². The third kappa shape index (κ3) is 2.20. The molecule has 0 amide bonds. The van der Waals surface area contributed by atoms with Crippen LogP contribution < -0.4 is 5.69 Å². The summed E-state index contributed by atoms with van der Waals surface area (Å²) < 4.78 is 3.28. The van der Waals surface area contributed by atoms with Crippen LogP contribution in [0.4, 0.5) is 0 Å². The molecule has 0 aliphatic carbocycles. The molecule has 0 spiro atoms. The summed E-state index contributed by atoms with van der Waals surface area (Å²) in [6.45, 7) is 2.88. The molecule has 0 atom stereocenters. The first-order valence-electron chi connectivity index (χ1n) is 6.42. The highest BCUT2D eigenvalue weighted by Crippen LogP contribution is 2.14. The molecule has 2 aromatic heterocycles. The fourth-order valence-electron chi connectivity index (χ4n) is 2.25. The molecule has 0 saturated carbocycles. The molecular formula is C13H13N5O3. The van der Waals surface area contributed by atoms with E-state index >= 15 is 0 Å². The lowest BCUT2D eigenvalue weighted by Crippen LogP contribution is -2.19. The number of hydrogen-bond acceptors (Lipinski definition) is 4. The summed E-state index contributed by atoms with van der Waals surface area (Å²) in [6.07, 6.45) is 1.60. The molecule has 0 unspecified atom stereocenters. The van der Waals surface area contributed by atoms with Gasteiger partial charge in [0.2, 0.25) is 0 Å². The van der Waals surface area contributed by atoms with E-state index < -0.39 is 5.97 Å². The number of fused-ring (bicyclic) bond motifs is 1. The van der Waals surface area contributed by atoms with E-state index in [9.17, 15) is 9.59 Å². The fourth-order valence-corrected chi connectivity index (χ4v) is 2.25. The molecule has 2 N–H and O–H groups in total. The van der Waals surface area contributed by atoms with Gasteiger partial charge >= 0.3 is 11.7 Å². The average Bonchev–Trinajstić information content (AvgIpc) is 3.03. The first-order valence-corrected chi connectivity index (χ1v) is 6.42. The van der Waals surface area contributed by atoms with Gasteiger partial charge in [0.05, 0.1) is 23.1 Å². The number of aromatic amines is 1. The summed E-state index contributed by atoms with van der Waals surface area (Å²) in [5, 5.41) is 16.9. The van der Waals surface area contributed by atoms with Gasteiger partial charge in [0, 0.05) is 6.54 Å². The van der Waals surface area contributed by atoms with Gasteiger partial charge in [0.25, 0.3) is 0 Å². The molecule has 0 aliphatic heterocycles. The smallest absolute Gasteiger partial charge is 0.335 e. The van der Waals surface area contributed by atoms with Gasteiger partial charge in [-0.3, -0.25) is 4.57 Å². The number of nitrogens with one attached hydrogen (secondary N) is 1. The Balaban J connectivity index is 2.13. The minimum atomic E-state index is -1.03. The maximum absolute atomic E-state index is 12.0. The zero-order chi connectivity index (χ0) is 15.0. The number of aryl methyl sites for hydroxylation is 1. The Kier molecular flexibility index (Phi) is 3.05. The van der Waals surface area contributed by atoms with E-state index in [4.69, 9.17) is 5.11 Å². The molecule has 3 rings (SSSR count). The van der Waals surface area contributed by atoms with Crippen molar-refractivity contribution >= 4 is 17.0 Å². The van der Waals surface area contributed by atoms with E-state index in [2.05, 4.69) is 15.2 Å². The highest BCUT2D eigenvalue weighted by molar-refractivity contribution is 5.92. The Morgan fingerprint density at radius 1 is 1.43 bits per heavy atom. The van der Waals surface area contributed by atoms with Crippen molar-refractivity contribution in [2.24, 2.45) is 0 Å². The predicted octanol–water partition coefficient (Wildman–Crippen LogP) is 0.687. The highest BCUT2D eigenvalue weighted by Gasteiger charge is 2.13. The Morgan fingerprint density at radius 2 is 2.24 bits per heavy atom. The number of carbonyl (C=O) groups is 1. The molecule has 21 heavy (non-hydrogen) atoms. The lowest BCUT2D eigenvalue weighted by atomic mass is 10.2. The van der Waals surface area contributed by atoms with Gasteiger partial charge < -0.3 is 14.7 Å². The summed E-state index contributed by atoms with van der Waals surface area (Å²) in [7, 11) is 0. The molecule has 0 saturated heterocycles. The van der Waals surface area contributed by atoms with Crippen molar-refractivity contribution in [3.8, 4) is 0 Å². The van der Waals surface area contributed by atoms with Crippen LogP contribution in [0, 0.1) is 0 Å². The Bertz CT molecular complexity index is 873. The molecule has 8 heteroatoms. The first kappa shape index (κ1) is 13.1. The molecular weight excluding hydrogens is 274 g/mol. The fraction of sp³-hybridized carbons (Fsp3) is 0.231. The molecule has 8 nitrogen and oxygen atoms in total. The van der Waals surface area contributed by atoms with Crippen molar-refractivity contribution in [2.75, 3.05) is 0 Å². The minimum absolute atomic E-state index is 0.132. The molecule has 0 fully saturated rings. The van der Waals surface area contributed by atoms with Crippen molar-refractivity contribution in [1.29, 1.82) is 0 Å². The number of aromatic nitrogens is 5. The minimum Gasteiger partial charge on any atom is -0.478 e. The Morgan fingerprint density at radius 3 is 2.95 bits per heavy atom. The van der Waals surface area contributed by atoms with Crippen LogP contribution in [0.3, 0.4) is 0 Å². The predicted molar refractivity (Wildman–Crippen MR) is 74.3 cm³/mol. The number of hydrogen-bond donors (Lipinski definition) is 2. The summed E-state index contributed by atoms with van der Waals surface area (Å²) in [6, 6.07) is 4.52. The van der Waals surface area contributed by atoms with Crippen LogP contribution in [0.1, 0.15) is 23.1 Å². The maximum Gasteiger partial charge on any atom is 0.335 e. The topological polar surface area (TPSA) is 106 Å². The number of aromatic carboxylic acids is 1. The zero-order valence-corrected chi connectivity index (χ0v) is 11.3. The summed E-state index contributed by atoms with van der Waals surface area (Å²) in [5.41, 5.74) is 0.948. The molecule has 1 aromatic carbocycles. The van der Waals surface area contributed by atoms with Gasteiger partial charge in [-0.25, -0.2) is 9.59 Å². The van der Waals surface area contributed by atoms with E-state index in [0.29, 0.717) is 23.4 Å². The van der Waals surface area contributed by atoms with Crippen LogP contribution in [0.5, 0.6) is 0 Å². The summed E-state index contributed by atoms with van der Waals surface area (Å²) in [5.74, 6) is -0.393. The average molecular weight is 287 g/mol. The quantitative estimate of drug-likeness (QED) is 0.734. The Labute approximate surface area is 118 Å². The maximum atomic E-state index is 12.0. The van der Waals surface area contributed by atoms with Gasteiger partial charge in [-0.15, -0.1) is 10.2 Å². The van der Waals surface area contributed by atoms with E-state index in [-0.39, 0.29) is 17.8 Å². The standard InChI is InChI=1S/C13H13N5O3/c1-2-17-7-14-16-11(17)6-18-10-5-8(12(19)20)3-4-9(10)15-13(18)21/h3-5,7H,2,6H2,1H3,(H,15,21)(H,19,20). The third-order valence-electron chi connectivity index (χ3n) is 3.36. The second-order valence-electron chi connectivity index (χ2n) is 4.59. The number of imidazole rings is 1. The van der Waals surface area contributed by atoms with Crippen LogP contribution in [-0.2, 0) is 13.1 Å². The van der Waals surface area contributed by atoms with Crippen LogP contribution in [0.2, 0.25) is 0 Å². The van der Waals surface area contributed by atoms with Crippen molar-refractivity contribution in [2.45, 2.75) is 20.0 Å². The molecule has 3 aromatic rings. The zero-order valence-electron chi connectivity index (χ0n) is 11.3. The SMILES string of the molecule is CCn1cnnc1Cn1c(=O)[nH]c2ccc(C(=O)O)cc21. The van der Waals surface area contributed by atoms with Crippen LogP contribution >= 0.6 is 0 Å². The number of nitrogens with zero attached hydrogens (tertiary/aromatic N) is 4. The number of benzene rings is 1. The van der Waals surface area contributed by atoms with Gasteiger partial charge in [-0.2, -0.15) is 0 Å². The summed E-state index contributed by atoms with van der Waals surface area (Å²) >= 11 is 0. The van der Waals surface area contributed by atoms with E-state index in [0.717, 1.165) is 0 Å². The lowest BCUT2D eigenvalue weighted by Gasteiger charge is -2.05. The number of rotatable bonds is 4. The largest absolute Gasteiger partial charge is 0.478 e. The lowest BCUT2D eigenvalue weighted by molar-refractivity contribution is 0.0697. The monoisotopic (exact) mass is 287 g/mol. The van der Waals surface area contributed by atoms with Gasteiger partial charge in [0.1, 0.15) is 6.33 Å². The van der Waals surface area contributed by atoms with E-state index in [1.54, 1.807) is 12.4 Å². The molecule has 2 heterocycles. The van der Waals surface area contributed by atoms with Crippen LogP contribution in [-0.4, -0.2) is 35.4 Å². The summed E-state index contributed by atoms with van der Waals surface area (Å²) in [4.78, 5) is 25.8. The second kappa shape index (κ2) is 4.89.